The number of hydrogen-bond acceptors (Lipinski definition) is 6. The molecule has 1 saturated heterocycles. The minimum absolute atomic E-state index is 0.170. The summed E-state index contributed by atoms with van der Waals surface area (Å²) in [5, 5.41) is 13.4. The number of aromatic nitrogens is 3. The Balaban J connectivity index is 1.74. The third-order valence-corrected chi connectivity index (χ3v) is 3.57. The molecule has 2 aromatic rings. The monoisotopic (exact) mass is 274 g/mol. The molecule has 1 aliphatic rings. The first-order valence-electron chi connectivity index (χ1n) is 6.98. The van der Waals surface area contributed by atoms with Crippen LogP contribution in [0.25, 0.3) is 11.5 Å². The minimum Gasteiger partial charge on any atom is -0.393 e. The van der Waals surface area contributed by atoms with E-state index < -0.39 is 0 Å². The summed E-state index contributed by atoms with van der Waals surface area (Å²) in [5.41, 5.74) is 0.831. The van der Waals surface area contributed by atoms with E-state index in [9.17, 15) is 5.11 Å². The lowest BCUT2D eigenvalue weighted by Gasteiger charge is -2.30. The normalized spacial score (nSPS) is 16.6. The van der Waals surface area contributed by atoms with Crippen molar-refractivity contribution in [1.29, 1.82) is 0 Å². The summed E-state index contributed by atoms with van der Waals surface area (Å²) in [6, 6.07) is 3.91. The largest absolute Gasteiger partial charge is 0.393 e. The maximum atomic E-state index is 9.52. The quantitative estimate of drug-likeness (QED) is 0.917. The van der Waals surface area contributed by atoms with Crippen molar-refractivity contribution in [3.8, 4) is 11.5 Å². The summed E-state index contributed by atoms with van der Waals surface area (Å²) in [4.78, 5) is 10.9. The van der Waals surface area contributed by atoms with Crippen molar-refractivity contribution < 1.29 is 9.63 Å². The van der Waals surface area contributed by atoms with Gasteiger partial charge in [-0.15, -0.1) is 0 Å². The van der Waals surface area contributed by atoms with Crippen LogP contribution in [0.4, 0.5) is 5.82 Å². The molecular formula is C14H18N4O2. The van der Waals surface area contributed by atoms with Crippen molar-refractivity contribution in [3.05, 3.63) is 24.2 Å². The molecule has 106 valence electrons. The van der Waals surface area contributed by atoms with E-state index in [1.54, 1.807) is 6.20 Å². The van der Waals surface area contributed by atoms with Gasteiger partial charge in [-0.25, -0.2) is 4.98 Å². The van der Waals surface area contributed by atoms with Crippen molar-refractivity contribution in [2.45, 2.75) is 32.3 Å². The Kier molecular flexibility index (Phi) is 3.64. The van der Waals surface area contributed by atoms with Gasteiger partial charge in [0.15, 0.2) is 5.82 Å². The molecule has 2 aromatic heterocycles. The van der Waals surface area contributed by atoms with Gasteiger partial charge in [0.05, 0.1) is 11.7 Å². The second kappa shape index (κ2) is 5.58. The number of aliphatic hydroxyl groups is 1. The first-order valence-corrected chi connectivity index (χ1v) is 6.98. The summed E-state index contributed by atoms with van der Waals surface area (Å²) in [5.74, 6) is 2.14. The van der Waals surface area contributed by atoms with E-state index in [1.807, 2.05) is 19.1 Å². The summed E-state index contributed by atoms with van der Waals surface area (Å²) >= 11 is 0. The zero-order valence-electron chi connectivity index (χ0n) is 11.5. The lowest BCUT2D eigenvalue weighted by Crippen LogP contribution is -2.36. The summed E-state index contributed by atoms with van der Waals surface area (Å²) < 4.78 is 5.19. The van der Waals surface area contributed by atoms with E-state index in [0.717, 1.165) is 43.7 Å². The maximum absolute atomic E-state index is 9.52. The first kappa shape index (κ1) is 13.1. The molecule has 6 nitrogen and oxygen atoms in total. The van der Waals surface area contributed by atoms with Crippen LogP contribution >= 0.6 is 0 Å². The average molecular weight is 274 g/mol. The predicted molar refractivity (Wildman–Crippen MR) is 74.4 cm³/mol. The molecule has 0 unspecified atom stereocenters. The van der Waals surface area contributed by atoms with Gasteiger partial charge in [-0.1, -0.05) is 12.1 Å². The molecule has 20 heavy (non-hydrogen) atoms. The molecule has 0 aliphatic carbocycles. The van der Waals surface area contributed by atoms with Crippen molar-refractivity contribution in [2.75, 3.05) is 18.0 Å². The van der Waals surface area contributed by atoms with Crippen LogP contribution < -0.4 is 4.90 Å². The highest BCUT2D eigenvalue weighted by atomic mass is 16.5. The fourth-order valence-corrected chi connectivity index (χ4v) is 2.31. The third kappa shape index (κ3) is 2.65. The van der Waals surface area contributed by atoms with E-state index in [2.05, 4.69) is 20.0 Å². The second-order valence-electron chi connectivity index (χ2n) is 4.99. The Bertz CT molecular complexity index is 559. The van der Waals surface area contributed by atoms with E-state index in [-0.39, 0.29) is 6.10 Å². The smallest absolute Gasteiger partial charge is 0.259 e. The molecule has 1 N–H and O–H groups in total. The molecule has 0 saturated carbocycles. The van der Waals surface area contributed by atoms with E-state index in [4.69, 9.17) is 4.52 Å². The summed E-state index contributed by atoms with van der Waals surface area (Å²) in [7, 11) is 0. The zero-order valence-corrected chi connectivity index (χ0v) is 11.5. The highest BCUT2D eigenvalue weighted by molar-refractivity contribution is 5.54. The fraction of sp³-hybridized carbons (Fsp3) is 0.500. The maximum Gasteiger partial charge on any atom is 0.259 e. The van der Waals surface area contributed by atoms with Crippen LogP contribution in [-0.2, 0) is 6.42 Å². The number of piperidine rings is 1. The minimum atomic E-state index is -0.170. The number of rotatable bonds is 3. The van der Waals surface area contributed by atoms with Crippen molar-refractivity contribution in [2.24, 2.45) is 0 Å². The number of hydrogen-bond donors (Lipinski definition) is 1. The molecule has 6 heteroatoms. The van der Waals surface area contributed by atoms with Crippen molar-refractivity contribution in [1.82, 2.24) is 15.1 Å². The molecule has 0 atom stereocenters. The molecule has 0 bridgehead atoms. The van der Waals surface area contributed by atoms with Gasteiger partial charge < -0.3 is 14.5 Å². The zero-order chi connectivity index (χ0) is 13.9. The van der Waals surface area contributed by atoms with Crippen LogP contribution in [0.3, 0.4) is 0 Å². The van der Waals surface area contributed by atoms with Crippen LogP contribution in [-0.4, -0.2) is 39.4 Å². The van der Waals surface area contributed by atoms with Crippen LogP contribution in [0, 0.1) is 0 Å². The molecule has 3 rings (SSSR count). The van der Waals surface area contributed by atoms with Gasteiger partial charge in [0.25, 0.3) is 5.89 Å². The van der Waals surface area contributed by atoms with Gasteiger partial charge in [0, 0.05) is 25.7 Å². The molecule has 1 fully saturated rings. The molecule has 0 radical (unpaired) electrons. The molecule has 1 aliphatic heterocycles. The Hall–Kier alpha value is -1.95. The molecule has 0 amide bonds. The lowest BCUT2D eigenvalue weighted by atomic mass is 10.1. The highest BCUT2D eigenvalue weighted by Gasteiger charge is 2.18. The van der Waals surface area contributed by atoms with Gasteiger partial charge in [-0.05, 0) is 25.0 Å². The molecular weight excluding hydrogens is 256 g/mol. The Morgan fingerprint density at radius 3 is 2.75 bits per heavy atom. The number of aryl methyl sites for hydroxylation is 1. The molecule has 3 heterocycles. The van der Waals surface area contributed by atoms with Crippen molar-refractivity contribution >= 4 is 5.82 Å². The SMILES string of the molecule is CCc1noc(-c2ccc(N3CCC(O)CC3)nc2)n1. The molecule has 0 spiro atoms. The van der Waals surface area contributed by atoms with Gasteiger partial charge in [0.2, 0.25) is 0 Å². The first-order chi connectivity index (χ1) is 9.76. The number of nitrogens with zero attached hydrogens (tertiary/aromatic N) is 4. The number of anilines is 1. The van der Waals surface area contributed by atoms with Crippen LogP contribution in [0.2, 0.25) is 0 Å². The van der Waals surface area contributed by atoms with Crippen LogP contribution in [0.5, 0.6) is 0 Å². The van der Waals surface area contributed by atoms with E-state index >= 15 is 0 Å². The Labute approximate surface area is 117 Å². The predicted octanol–water partition coefficient (Wildman–Crippen LogP) is 1.66. The van der Waals surface area contributed by atoms with E-state index in [0.29, 0.717) is 11.7 Å². The average Bonchev–Trinajstić information content (AvgIpc) is 2.97. The fourth-order valence-electron chi connectivity index (χ4n) is 2.31. The number of pyridine rings is 1. The van der Waals surface area contributed by atoms with Gasteiger partial charge in [-0.2, -0.15) is 4.98 Å². The summed E-state index contributed by atoms with van der Waals surface area (Å²) in [6.45, 7) is 3.67. The number of aliphatic hydroxyl groups excluding tert-OH is 1. The van der Waals surface area contributed by atoms with Crippen LogP contribution in [0.1, 0.15) is 25.6 Å². The van der Waals surface area contributed by atoms with E-state index in [1.165, 1.54) is 0 Å². The topological polar surface area (TPSA) is 75.3 Å². The summed E-state index contributed by atoms with van der Waals surface area (Å²) in [6.07, 6.45) is 3.94. The van der Waals surface area contributed by atoms with Crippen LogP contribution in [0.15, 0.2) is 22.9 Å². The third-order valence-electron chi connectivity index (χ3n) is 3.57. The Morgan fingerprint density at radius 1 is 1.35 bits per heavy atom. The van der Waals surface area contributed by atoms with Crippen molar-refractivity contribution in [3.63, 3.8) is 0 Å². The van der Waals surface area contributed by atoms with Gasteiger partial charge >= 0.3 is 0 Å². The molecule has 0 aromatic carbocycles. The van der Waals surface area contributed by atoms with Gasteiger partial charge in [0.1, 0.15) is 5.82 Å². The highest BCUT2D eigenvalue weighted by Crippen LogP contribution is 2.22. The van der Waals surface area contributed by atoms with Gasteiger partial charge in [-0.3, -0.25) is 0 Å². The Morgan fingerprint density at radius 2 is 2.15 bits per heavy atom. The standard InChI is InChI=1S/C14H18N4O2/c1-2-12-16-14(20-17-12)10-3-4-13(15-9-10)18-7-5-11(19)6-8-18/h3-4,9,11,19H,2,5-8H2,1H3. The lowest BCUT2D eigenvalue weighted by molar-refractivity contribution is 0.145. The second-order valence-corrected chi connectivity index (χ2v) is 4.99.